The third-order valence-corrected chi connectivity index (χ3v) is 4.56. The average molecular weight is 304 g/mol. The Kier molecular flexibility index (Phi) is 3.50. The van der Waals surface area contributed by atoms with Crippen molar-refractivity contribution in [1.82, 2.24) is 19.5 Å². The van der Waals surface area contributed by atoms with Gasteiger partial charge in [0.1, 0.15) is 5.52 Å². The van der Waals surface area contributed by atoms with E-state index in [4.69, 9.17) is 0 Å². The van der Waals surface area contributed by atoms with E-state index in [1.54, 1.807) is 11.3 Å². The van der Waals surface area contributed by atoms with Gasteiger partial charge in [0.25, 0.3) is 5.56 Å². The Bertz CT molecular complexity index is 900. The predicted molar refractivity (Wildman–Crippen MR) is 84.0 cm³/mol. The third-order valence-electron chi connectivity index (χ3n) is 3.32. The molecule has 3 aromatic rings. The molecular weight excluding hydrogens is 288 g/mol. The molecule has 0 aliphatic rings. The molecule has 21 heavy (non-hydrogen) atoms. The fraction of sp³-hybridized carbons (Fsp3) is 0.357. The van der Waals surface area contributed by atoms with Crippen molar-refractivity contribution in [1.29, 1.82) is 0 Å². The smallest absolute Gasteiger partial charge is 0.330 e. The first-order valence-corrected chi connectivity index (χ1v) is 7.77. The van der Waals surface area contributed by atoms with E-state index in [1.807, 2.05) is 13.0 Å². The molecule has 110 valence electrons. The van der Waals surface area contributed by atoms with Crippen LogP contribution in [0.25, 0.3) is 21.9 Å². The summed E-state index contributed by atoms with van der Waals surface area (Å²) < 4.78 is 1.51. The first-order chi connectivity index (χ1) is 10.1. The number of aryl methyl sites for hydroxylation is 2. The monoisotopic (exact) mass is 304 g/mol. The summed E-state index contributed by atoms with van der Waals surface area (Å²) in [5.41, 5.74) is -0.0576. The van der Waals surface area contributed by atoms with E-state index in [9.17, 15) is 9.59 Å². The molecule has 0 saturated carbocycles. The number of aromatic nitrogens is 4. The van der Waals surface area contributed by atoms with Gasteiger partial charge < -0.3 is 4.98 Å². The summed E-state index contributed by atoms with van der Waals surface area (Å²) in [6, 6.07) is 4.04. The van der Waals surface area contributed by atoms with Gasteiger partial charge in [-0.1, -0.05) is 13.8 Å². The number of nitrogens with one attached hydrogen (secondary N) is 2. The summed E-state index contributed by atoms with van der Waals surface area (Å²) >= 11 is 1.64. The van der Waals surface area contributed by atoms with Gasteiger partial charge in [-0.25, -0.2) is 9.78 Å². The minimum absolute atomic E-state index is 0.351. The minimum Gasteiger partial charge on any atom is -0.331 e. The molecule has 0 aliphatic heterocycles. The number of hydrogen-bond acceptors (Lipinski definition) is 4. The van der Waals surface area contributed by atoms with Gasteiger partial charge >= 0.3 is 5.69 Å². The molecule has 3 aromatic heterocycles. The van der Waals surface area contributed by atoms with Crippen molar-refractivity contribution >= 4 is 22.5 Å². The summed E-state index contributed by atoms with van der Waals surface area (Å²) in [5.74, 6) is 0.635. The zero-order chi connectivity index (χ0) is 15.0. The number of nitrogens with zero attached hydrogens (tertiary/aromatic N) is 2. The first kappa shape index (κ1) is 13.8. The highest BCUT2D eigenvalue weighted by Gasteiger charge is 2.14. The Morgan fingerprint density at radius 2 is 2.05 bits per heavy atom. The summed E-state index contributed by atoms with van der Waals surface area (Å²) in [6.45, 7) is 4.60. The van der Waals surface area contributed by atoms with Gasteiger partial charge in [-0.2, -0.15) is 0 Å². The van der Waals surface area contributed by atoms with E-state index in [1.165, 1.54) is 9.44 Å². The average Bonchev–Trinajstić information content (AvgIpc) is 3.09. The lowest BCUT2D eigenvalue weighted by Crippen LogP contribution is -2.30. The van der Waals surface area contributed by atoms with Gasteiger partial charge in [-0.05, 0) is 25.0 Å². The summed E-state index contributed by atoms with van der Waals surface area (Å²) in [6.07, 6.45) is 1.76. The number of thiophene rings is 1. The van der Waals surface area contributed by atoms with Crippen LogP contribution < -0.4 is 11.2 Å². The lowest BCUT2D eigenvalue weighted by molar-refractivity contribution is 0.653. The predicted octanol–water partition coefficient (Wildman–Crippen LogP) is 2.11. The van der Waals surface area contributed by atoms with E-state index >= 15 is 0 Å². The Morgan fingerprint density at radius 1 is 1.24 bits per heavy atom. The molecule has 0 radical (unpaired) electrons. The van der Waals surface area contributed by atoms with Gasteiger partial charge in [0.15, 0.2) is 11.5 Å². The Labute approximate surface area is 124 Å². The third kappa shape index (κ3) is 2.33. The number of H-pyrrole nitrogens is 2. The van der Waals surface area contributed by atoms with Crippen LogP contribution in [0.4, 0.5) is 0 Å². The molecule has 0 saturated heterocycles. The van der Waals surface area contributed by atoms with Crippen molar-refractivity contribution in [2.75, 3.05) is 0 Å². The summed E-state index contributed by atoms with van der Waals surface area (Å²) in [5, 5.41) is 0. The maximum Gasteiger partial charge on any atom is 0.330 e. The first-order valence-electron chi connectivity index (χ1n) is 6.96. The molecule has 0 bridgehead atoms. The maximum atomic E-state index is 11.9. The normalized spacial score (nSPS) is 11.3. The van der Waals surface area contributed by atoms with Gasteiger partial charge in [0, 0.05) is 11.4 Å². The van der Waals surface area contributed by atoms with E-state index < -0.39 is 11.2 Å². The van der Waals surface area contributed by atoms with Crippen LogP contribution in [0.5, 0.6) is 0 Å². The van der Waals surface area contributed by atoms with Gasteiger partial charge in [-0.15, -0.1) is 11.3 Å². The van der Waals surface area contributed by atoms with Crippen LogP contribution in [-0.2, 0) is 13.0 Å². The number of rotatable bonds is 4. The molecule has 0 fully saturated rings. The molecule has 0 amide bonds. The molecular formula is C14H16N4O2S. The van der Waals surface area contributed by atoms with Crippen LogP contribution in [0.15, 0.2) is 21.7 Å². The lowest BCUT2D eigenvalue weighted by atomic mass is 10.3. The van der Waals surface area contributed by atoms with E-state index in [0.29, 0.717) is 23.5 Å². The molecule has 3 rings (SSSR count). The summed E-state index contributed by atoms with van der Waals surface area (Å²) in [4.78, 5) is 35.9. The quantitative estimate of drug-likeness (QED) is 0.774. The number of hydrogen-bond donors (Lipinski definition) is 2. The zero-order valence-corrected chi connectivity index (χ0v) is 12.7. The maximum absolute atomic E-state index is 11.9. The Balaban J connectivity index is 2.23. The molecule has 0 aromatic carbocycles. The Morgan fingerprint density at radius 3 is 2.71 bits per heavy atom. The molecule has 7 heteroatoms. The van der Waals surface area contributed by atoms with Crippen LogP contribution in [0.2, 0.25) is 0 Å². The topological polar surface area (TPSA) is 83.5 Å². The van der Waals surface area contributed by atoms with Crippen molar-refractivity contribution in [3.05, 3.63) is 37.8 Å². The van der Waals surface area contributed by atoms with Crippen LogP contribution in [0.1, 0.15) is 25.1 Å². The highest BCUT2D eigenvalue weighted by atomic mass is 32.1. The highest BCUT2D eigenvalue weighted by molar-refractivity contribution is 7.15. The van der Waals surface area contributed by atoms with Crippen LogP contribution >= 0.6 is 11.3 Å². The van der Waals surface area contributed by atoms with Crippen LogP contribution in [0.3, 0.4) is 0 Å². The molecule has 2 N–H and O–H groups in total. The number of fused-ring (bicyclic) bond motifs is 1. The number of aromatic amines is 2. The van der Waals surface area contributed by atoms with Crippen LogP contribution in [0, 0.1) is 0 Å². The van der Waals surface area contributed by atoms with Crippen molar-refractivity contribution in [3.63, 3.8) is 0 Å². The van der Waals surface area contributed by atoms with E-state index in [0.717, 1.165) is 17.7 Å². The summed E-state index contributed by atoms with van der Waals surface area (Å²) in [7, 11) is 0. The van der Waals surface area contributed by atoms with Gasteiger partial charge in [0.05, 0.1) is 4.88 Å². The Hall–Kier alpha value is -2.15. The SMILES string of the molecule is CCCn1c(=O)[nH]c(=O)c2[nH]c(-c3ccc(CC)s3)nc21. The van der Waals surface area contributed by atoms with Crippen molar-refractivity contribution < 1.29 is 0 Å². The lowest BCUT2D eigenvalue weighted by Gasteiger charge is -2.02. The van der Waals surface area contributed by atoms with Gasteiger partial charge in [0.2, 0.25) is 0 Å². The van der Waals surface area contributed by atoms with E-state index in [-0.39, 0.29) is 0 Å². The largest absolute Gasteiger partial charge is 0.331 e. The standard InChI is InChI=1S/C14H16N4O2S/c1-3-7-18-12-10(13(19)17-14(18)20)15-11(16-12)9-6-5-8(4-2)21-9/h5-6H,3-4,7H2,1-2H3,(H,15,16)(H,17,19,20). The molecule has 0 atom stereocenters. The van der Waals surface area contributed by atoms with Crippen molar-refractivity contribution in [3.8, 4) is 10.7 Å². The molecule has 0 aliphatic carbocycles. The molecule has 0 unspecified atom stereocenters. The minimum atomic E-state index is -0.423. The number of imidazole rings is 1. The van der Waals surface area contributed by atoms with Gasteiger partial charge in [-0.3, -0.25) is 14.3 Å². The second-order valence-corrected chi connectivity index (χ2v) is 5.98. The molecule has 6 nitrogen and oxygen atoms in total. The fourth-order valence-electron chi connectivity index (χ4n) is 2.28. The molecule has 3 heterocycles. The van der Waals surface area contributed by atoms with E-state index in [2.05, 4.69) is 27.9 Å². The molecule has 0 spiro atoms. The van der Waals surface area contributed by atoms with Crippen molar-refractivity contribution in [2.24, 2.45) is 0 Å². The zero-order valence-electron chi connectivity index (χ0n) is 11.9. The van der Waals surface area contributed by atoms with Crippen molar-refractivity contribution in [2.45, 2.75) is 33.2 Å². The second-order valence-electron chi connectivity index (χ2n) is 4.81. The fourth-order valence-corrected chi connectivity index (χ4v) is 3.18. The van der Waals surface area contributed by atoms with Crippen LogP contribution in [-0.4, -0.2) is 19.5 Å². The second kappa shape index (κ2) is 5.33. The highest BCUT2D eigenvalue weighted by Crippen LogP contribution is 2.27.